The van der Waals surface area contributed by atoms with E-state index in [9.17, 15) is 8.42 Å². The Morgan fingerprint density at radius 2 is 2.07 bits per heavy atom. The minimum Gasteiger partial charge on any atom is -0.289 e. The molecule has 0 amide bonds. The highest BCUT2D eigenvalue weighted by atomic mass is 35.7. The molecule has 2 rings (SSSR count). The van der Waals surface area contributed by atoms with Crippen molar-refractivity contribution >= 4 is 37.0 Å². The van der Waals surface area contributed by atoms with Crippen LogP contribution in [0.3, 0.4) is 0 Å². The van der Waals surface area contributed by atoms with Gasteiger partial charge >= 0.3 is 0 Å². The van der Waals surface area contributed by atoms with Crippen LogP contribution in [0.15, 0.2) is 29.4 Å². The predicted molar refractivity (Wildman–Crippen MR) is 53.2 cm³/mol. The molecule has 0 fully saturated rings. The number of imidazole rings is 1. The van der Waals surface area contributed by atoms with Gasteiger partial charge in [0.1, 0.15) is 10.8 Å². The van der Waals surface area contributed by atoms with Gasteiger partial charge in [-0.3, -0.25) is 4.40 Å². The minimum absolute atomic E-state index is 0.00781. The zero-order chi connectivity index (χ0) is 10.3. The predicted octanol–water partition coefficient (Wildman–Crippen LogP) is 1.92. The molecule has 0 aliphatic heterocycles. The molecule has 7 heteroatoms. The first-order valence-corrected chi connectivity index (χ1v) is 6.24. The molecule has 0 aliphatic rings. The van der Waals surface area contributed by atoms with Crippen molar-refractivity contribution in [2.45, 2.75) is 4.90 Å². The maximum Gasteiger partial charge on any atom is 0.262 e. The van der Waals surface area contributed by atoms with Crippen LogP contribution in [0.1, 0.15) is 0 Å². The van der Waals surface area contributed by atoms with Gasteiger partial charge in [-0.2, -0.15) is 0 Å². The first-order valence-electron chi connectivity index (χ1n) is 3.56. The number of halogens is 2. The fourth-order valence-corrected chi connectivity index (χ4v) is 2.00. The highest BCUT2D eigenvalue weighted by Crippen LogP contribution is 2.18. The van der Waals surface area contributed by atoms with Crippen LogP contribution >= 0.6 is 22.3 Å². The fourth-order valence-electron chi connectivity index (χ4n) is 1.08. The lowest BCUT2D eigenvalue weighted by atomic mass is 10.5. The van der Waals surface area contributed by atoms with E-state index in [1.807, 2.05) is 0 Å². The molecule has 0 unspecified atom stereocenters. The Morgan fingerprint density at radius 1 is 1.36 bits per heavy atom. The molecule has 0 bridgehead atoms. The summed E-state index contributed by atoms with van der Waals surface area (Å²) in [5.41, 5.74) is 0.569. The highest BCUT2D eigenvalue weighted by Gasteiger charge is 2.11. The van der Waals surface area contributed by atoms with E-state index in [0.29, 0.717) is 10.8 Å². The number of hydrogen-bond acceptors (Lipinski definition) is 3. The van der Waals surface area contributed by atoms with Gasteiger partial charge in [0.15, 0.2) is 0 Å². The number of rotatable bonds is 1. The molecule has 0 radical (unpaired) electrons. The molecule has 0 saturated carbocycles. The van der Waals surface area contributed by atoms with Crippen molar-refractivity contribution < 1.29 is 8.42 Å². The van der Waals surface area contributed by atoms with Crippen molar-refractivity contribution in [2.24, 2.45) is 0 Å². The van der Waals surface area contributed by atoms with Crippen molar-refractivity contribution in [3.8, 4) is 0 Å². The lowest BCUT2D eigenvalue weighted by molar-refractivity contribution is 0.609. The normalized spacial score (nSPS) is 12.1. The summed E-state index contributed by atoms with van der Waals surface area (Å²) in [4.78, 5) is 3.93. The lowest BCUT2D eigenvalue weighted by Crippen LogP contribution is -1.94. The summed E-state index contributed by atoms with van der Waals surface area (Å²) >= 11 is 5.76. The molecule has 0 spiro atoms. The second-order valence-corrected chi connectivity index (χ2v) is 5.56. The average molecular weight is 251 g/mol. The minimum atomic E-state index is -3.72. The van der Waals surface area contributed by atoms with Crippen LogP contribution in [0, 0.1) is 0 Å². The molecule has 2 aromatic heterocycles. The summed E-state index contributed by atoms with van der Waals surface area (Å²) in [5, 5.41) is 0.335. The summed E-state index contributed by atoms with van der Waals surface area (Å²) in [6, 6.07) is 2.90. The van der Waals surface area contributed by atoms with Crippen LogP contribution < -0.4 is 0 Å². The molecule has 74 valence electrons. The number of pyridine rings is 1. The fraction of sp³-hybridized carbons (Fsp3) is 0. The topological polar surface area (TPSA) is 51.4 Å². The van der Waals surface area contributed by atoms with Gasteiger partial charge in [-0.15, -0.1) is 0 Å². The maximum absolute atomic E-state index is 11.0. The highest BCUT2D eigenvalue weighted by molar-refractivity contribution is 8.13. The van der Waals surface area contributed by atoms with E-state index in [0.717, 1.165) is 0 Å². The number of nitrogens with zero attached hydrogens (tertiary/aromatic N) is 2. The Labute approximate surface area is 89.5 Å². The first-order chi connectivity index (χ1) is 6.48. The molecule has 2 aromatic rings. The Morgan fingerprint density at radius 3 is 2.71 bits per heavy atom. The third-order valence-electron chi connectivity index (χ3n) is 1.71. The van der Waals surface area contributed by atoms with Crippen LogP contribution in [0.5, 0.6) is 0 Å². The van der Waals surface area contributed by atoms with Gasteiger partial charge in [-0.1, -0.05) is 11.6 Å². The molecule has 2 heterocycles. The Balaban J connectivity index is 2.79. The van der Waals surface area contributed by atoms with Gasteiger partial charge in [-0.25, -0.2) is 13.4 Å². The van der Waals surface area contributed by atoms with Crippen molar-refractivity contribution in [2.75, 3.05) is 0 Å². The van der Waals surface area contributed by atoms with Gasteiger partial charge in [0.2, 0.25) is 0 Å². The van der Waals surface area contributed by atoms with Crippen LogP contribution in [0.4, 0.5) is 0 Å². The number of fused-ring (bicyclic) bond motifs is 1. The molecule has 14 heavy (non-hydrogen) atoms. The van der Waals surface area contributed by atoms with E-state index in [-0.39, 0.29) is 4.90 Å². The van der Waals surface area contributed by atoms with E-state index in [2.05, 4.69) is 4.98 Å². The van der Waals surface area contributed by atoms with Crippen LogP contribution in [0.25, 0.3) is 5.65 Å². The summed E-state index contributed by atoms with van der Waals surface area (Å²) in [6.07, 6.45) is 2.76. The zero-order valence-electron chi connectivity index (χ0n) is 6.68. The smallest absolute Gasteiger partial charge is 0.262 e. The molecule has 0 aliphatic carbocycles. The van der Waals surface area contributed by atoms with E-state index < -0.39 is 9.05 Å². The van der Waals surface area contributed by atoms with Gasteiger partial charge < -0.3 is 0 Å². The zero-order valence-corrected chi connectivity index (χ0v) is 9.01. The monoisotopic (exact) mass is 250 g/mol. The third kappa shape index (κ3) is 1.58. The standard InChI is InChI=1S/C7H4Cl2N2O2S/c8-6-3-10-7-2-1-5(4-11(6)7)14(9,12)13/h1-4H. The van der Waals surface area contributed by atoms with Gasteiger partial charge in [0, 0.05) is 16.9 Å². The molecular weight excluding hydrogens is 247 g/mol. The Bertz CT molecular complexity index is 591. The molecule has 0 saturated heterocycles. The maximum atomic E-state index is 11.0. The van der Waals surface area contributed by atoms with Gasteiger partial charge in [-0.05, 0) is 12.1 Å². The van der Waals surface area contributed by atoms with E-state index in [4.69, 9.17) is 22.3 Å². The van der Waals surface area contributed by atoms with Crippen LogP contribution in [-0.4, -0.2) is 17.8 Å². The van der Waals surface area contributed by atoms with Gasteiger partial charge in [0.05, 0.1) is 11.1 Å². The molecule has 0 N–H and O–H groups in total. The SMILES string of the molecule is O=S(=O)(Cl)c1ccc2ncc(Cl)n2c1. The van der Waals surface area contributed by atoms with Crippen molar-refractivity contribution in [1.29, 1.82) is 0 Å². The summed E-state index contributed by atoms with van der Waals surface area (Å²) < 4.78 is 23.4. The van der Waals surface area contributed by atoms with E-state index in [1.165, 1.54) is 28.9 Å². The third-order valence-corrected chi connectivity index (χ3v) is 3.33. The first kappa shape index (κ1) is 9.76. The molecule has 0 atom stereocenters. The van der Waals surface area contributed by atoms with E-state index >= 15 is 0 Å². The summed E-state index contributed by atoms with van der Waals surface area (Å²) in [5.74, 6) is 0. The van der Waals surface area contributed by atoms with Gasteiger partial charge in [0.25, 0.3) is 9.05 Å². The second-order valence-electron chi connectivity index (χ2n) is 2.61. The lowest BCUT2D eigenvalue weighted by Gasteiger charge is -1.98. The Kier molecular flexibility index (Phi) is 2.17. The van der Waals surface area contributed by atoms with Crippen molar-refractivity contribution in [3.05, 3.63) is 29.7 Å². The summed E-state index contributed by atoms with van der Waals surface area (Å²) in [6.45, 7) is 0. The summed E-state index contributed by atoms with van der Waals surface area (Å²) in [7, 11) is 1.45. The number of aromatic nitrogens is 2. The molecular formula is C7H4Cl2N2O2S. The van der Waals surface area contributed by atoms with Crippen molar-refractivity contribution in [1.82, 2.24) is 9.38 Å². The Hall–Kier alpha value is -0.780. The molecule has 0 aromatic carbocycles. The van der Waals surface area contributed by atoms with Crippen LogP contribution in [0.2, 0.25) is 5.15 Å². The second kappa shape index (κ2) is 3.12. The van der Waals surface area contributed by atoms with Crippen LogP contribution in [-0.2, 0) is 9.05 Å². The number of hydrogen-bond donors (Lipinski definition) is 0. The quantitative estimate of drug-likeness (QED) is 0.727. The van der Waals surface area contributed by atoms with Crippen molar-refractivity contribution in [3.63, 3.8) is 0 Å². The molecule has 4 nitrogen and oxygen atoms in total. The average Bonchev–Trinajstić information content (AvgIpc) is 2.46. The largest absolute Gasteiger partial charge is 0.289 e. The van der Waals surface area contributed by atoms with E-state index in [1.54, 1.807) is 0 Å².